The largest absolute Gasteiger partial charge is 0.465 e. The molecule has 1 aromatic heterocycles. The molecule has 1 fully saturated rings. The van der Waals surface area contributed by atoms with E-state index in [0.717, 1.165) is 5.56 Å². The van der Waals surface area contributed by atoms with Crippen LogP contribution in [0.25, 0.3) is 0 Å². The standard InChI is InChI=1S/C19H22N2O5S/c1-25-19(22)15-7-8-16(20-12-15)13-21(27(23)24)17-9-10-26-18(11-17)14-5-3-2-4-6-14/h2-8,12,17-18,27H,9-11,13H2,1H3. The Morgan fingerprint density at radius 1 is 1.26 bits per heavy atom. The van der Waals surface area contributed by atoms with Gasteiger partial charge in [0.2, 0.25) is 10.9 Å². The molecule has 0 spiro atoms. The highest BCUT2D eigenvalue weighted by molar-refractivity contribution is 7.69. The third-order valence-electron chi connectivity index (χ3n) is 4.63. The first-order valence-corrected chi connectivity index (χ1v) is 9.82. The fourth-order valence-electron chi connectivity index (χ4n) is 3.19. The summed E-state index contributed by atoms with van der Waals surface area (Å²) in [5, 5.41) is 0. The number of methoxy groups -OCH3 is 1. The van der Waals surface area contributed by atoms with Gasteiger partial charge in [0.15, 0.2) is 0 Å². The van der Waals surface area contributed by atoms with Crippen molar-refractivity contribution in [3.05, 3.63) is 65.5 Å². The Balaban J connectivity index is 1.72. The summed E-state index contributed by atoms with van der Waals surface area (Å²) in [5.41, 5.74) is 1.95. The minimum absolute atomic E-state index is 0.128. The van der Waals surface area contributed by atoms with Crippen molar-refractivity contribution < 1.29 is 22.7 Å². The van der Waals surface area contributed by atoms with Crippen LogP contribution in [0.2, 0.25) is 0 Å². The first-order chi connectivity index (χ1) is 13.1. The van der Waals surface area contributed by atoms with E-state index >= 15 is 0 Å². The molecule has 0 amide bonds. The van der Waals surface area contributed by atoms with Crippen LogP contribution in [0.5, 0.6) is 0 Å². The van der Waals surface area contributed by atoms with Crippen molar-refractivity contribution in [2.24, 2.45) is 0 Å². The number of rotatable bonds is 6. The number of carbonyl (C=O) groups is 1. The molecular formula is C19H22N2O5S. The quantitative estimate of drug-likeness (QED) is 0.601. The van der Waals surface area contributed by atoms with Gasteiger partial charge in [-0.2, -0.15) is 4.31 Å². The molecule has 2 atom stereocenters. The van der Waals surface area contributed by atoms with Gasteiger partial charge in [0.25, 0.3) is 0 Å². The fraction of sp³-hybridized carbons (Fsp3) is 0.368. The molecule has 7 nitrogen and oxygen atoms in total. The topological polar surface area (TPSA) is 85.8 Å². The van der Waals surface area contributed by atoms with Crippen molar-refractivity contribution in [3.63, 3.8) is 0 Å². The first-order valence-electron chi connectivity index (χ1n) is 8.69. The molecule has 1 aliphatic heterocycles. The zero-order valence-corrected chi connectivity index (χ0v) is 15.9. The number of hydrogen-bond acceptors (Lipinski definition) is 6. The molecule has 144 valence electrons. The molecule has 8 heteroatoms. The van der Waals surface area contributed by atoms with E-state index < -0.39 is 16.9 Å². The average molecular weight is 390 g/mol. The van der Waals surface area contributed by atoms with Crippen LogP contribution < -0.4 is 0 Å². The van der Waals surface area contributed by atoms with E-state index in [1.807, 2.05) is 30.3 Å². The smallest absolute Gasteiger partial charge is 0.339 e. The fourth-order valence-corrected chi connectivity index (χ4v) is 3.93. The zero-order chi connectivity index (χ0) is 19.2. The Bertz CT molecular complexity index is 831. The number of carbonyl (C=O) groups excluding carboxylic acids is 1. The molecule has 3 rings (SSSR count). The second-order valence-electron chi connectivity index (χ2n) is 6.31. The molecule has 1 aromatic carbocycles. The molecule has 27 heavy (non-hydrogen) atoms. The minimum Gasteiger partial charge on any atom is -0.465 e. The van der Waals surface area contributed by atoms with Crippen molar-refractivity contribution >= 4 is 16.9 Å². The SMILES string of the molecule is COC(=O)c1ccc(CN(C2CCOC(c3ccccc3)C2)[SH](=O)=O)nc1. The van der Waals surface area contributed by atoms with Crippen LogP contribution in [-0.2, 0) is 26.9 Å². The minimum atomic E-state index is -2.78. The molecule has 0 radical (unpaired) electrons. The predicted molar refractivity (Wildman–Crippen MR) is 99.6 cm³/mol. The van der Waals surface area contributed by atoms with Crippen molar-refractivity contribution in [3.8, 4) is 0 Å². The van der Waals surface area contributed by atoms with Crippen molar-refractivity contribution in [2.45, 2.75) is 31.5 Å². The van der Waals surface area contributed by atoms with Gasteiger partial charge in [0, 0.05) is 18.8 Å². The zero-order valence-electron chi connectivity index (χ0n) is 15.0. The lowest BCUT2D eigenvalue weighted by Gasteiger charge is -2.34. The summed E-state index contributed by atoms with van der Waals surface area (Å²) in [6, 6.07) is 12.9. The van der Waals surface area contributed by atoms with Gasteiger partial charge in [-0.1, -0.05) is 30.3 Å². The number of benzene rings is 1. The molecule has 2 heterocycles. The lowest BCUT2D eigenvalue weighted by Crippen LogP contribution is -2.39. The van der Waals surface area contributed by atoms with Crippen molar-refractivity contribution in [1.29, 1.82) is 0 Å². The highest BCUT2D eigenvalue weighted by Gasteiger charge is 2.30. The van der Waals surface area contributed by atoms with Crippen LogP contribution in [-0.4, -0.2) is 43.4 Å². The Labute approximate surface area is 160 Å². The van der Waals surface area contributed by atoms with E-state index in [-0.39, 0.29) is 18.7 Å². The lowest BCUT2D eigenvalue weighted by molar-refractivity contribution is -0.0139. The maximum Gasteiger partial charge on any atom is 0.339 e. The number of hydrogen-bond donors (Lipinski definition) is 1. The molecule has 1 saturated heterocycles. The van der Waals surface area contributed by atoms with Crippen LogP contribution in [0.1, 0.15) is 40.6 Å². The summed E-state index contributed by atoms with van der Waals surface area (Å²) in [4.78, 5) is 15.7. The van der Waals surface area contributed by atoms with Gasteiger partial charge in [-0.15, -0.1) is 0 Å². The Morgan fingerprint density at radius 3 is 2.67 bits per heavy atom. The molecule has 0 N–H and O–H groups in total. The third-order valence-corrected chi connectivity index (χ3v) is 5.52. The molecule has 0 saturated carbocycles. The van der Waals surface area contributed by atoms with E-state index in [1.165, 1.54) is 17.6 Å². The van der Waals surface area contributed by atoms with Gasteiger partial charge >= 0.3 is 5.97 Å². The summed E-state index contributed by atoms with van der Waals surface area (Å²) in [5.74, 6) is -0.476. The van der Waals surface area contributed by atoms with E-state index in [1.54, 1.807) is 12.1 Å². The Hall–Kier alpha value is -2.29. The predicted octanol–water partition coefficient (Wildman–Crippen LogP) is 2.12. The number of nitrogens with zero attached hydrogens (tertiary/aromatic N) is 2. The van der Waals surface area contributed by atoms with Gasteiger partial charge in [-0.3, -0.25) is 4.98 Å². The normalized spacial score (nSPS) is 20.0. The van der Waals surface area contributed by atoms with E-state index in [2.05, 4.69) is 9.72 Å². The van der Waals surface area contributed by atoms with Crippen LogP contribution in [0.3, 0.4) is 0 Å². The van der Waals surface area contributed by atoms with Gasteiger partial charge in [0.05, 0.1) is 31.0 Å². The monoisotopic (exact) mass is 390 g/mol. The average Bonchev–Trinajstić information content (AvgIpc) is 2.72. The van der Waals surface area contributed by atoms with E-state index in [9.17, 15) is 13.2 Å². The molecule has 0 aliphatic carbocycles. The number of esters is 1. The summed E-state index contributed by atoms with van der Waals surface area (Å²) in [6.45, 7) is 0.658. The van der Waals surface area contributed by atoms with Crippen LogP contribution in [0, 0.1) is 0 Å². The first kappa shape index (κ1) is 19.5. The summed E-state index contributed by atoms with van der Waals surface area (Å²) >= 11 is 0. The van der Waals surface area contributed by atoms with Gasteiger partial charge in [0.1, 0.15) is 0 Å². The number of ether oxygens (including phenoxy) is 2. The van der Waals surface area contributed by atoms with Gasteiger partial charge in [-0.25, -0.2) is 13.2 Å². The maximum absolute atomic E-state index is 11.9. The summed E-state index contributed by atoms with van der Waals surface area (Å²) in [6.07, 6.45) is 2.49. The highest BCUT2D eigenvalue weighted by atomic mass is 32.2. The van der Waals surface area contributed by atoms with E-state index in [4.69, 9.17) is 4.74 Å². The Morgan fingerprint density at radius 2 is 2.04 bits per heavy atom. The third kappa shape index (κ3) is 4.91. The second-order valence-corrected chi connectivity index (χ2v) is 7.30. The molecule has 1 aliphatic rings. The highest BCUT2D eigenvalue weighted by Crippen LogP contribution is 2.31. The van der Waals surface area contributed by atoms with Crippen LogP contribution in [0.4, 0.5) is 0 Å². The molecular weight excluding hydrogens is 368 g/mol. The van der Waals surface area contributed by atoms with Crippen LogP contribution in [0.15, 0.2) is 48.7 Å². The molecule has 0 bridgehead atoms. The van der Waals surface area contributed by atoms with Gasteiger partial charge in [-0.05, 0) is 30.5 Å². The van der Waals surface area contributed by atoms with Gasteiger partial charge < -0.3 is 9.47 Å². The summed E-state index contributed by atoms with van der Waals surface area (Å²) in [7, 11) is -1.48. The maximum atomic E-state index is 11.9. The summed E-state index contributed by atoms with van der Waals surface area (Å²) < 4.78 is 35.7. The van der Waals surface area contributed by atoms with Crippen LogP contribution >= 0.6 is 0 Å². The second kappa shape index (κ2) is 9.07. The Kier molecular flexibility index (Phi) is 6.54. The van der Waals surface area contributed by atoms with E-state index in [0.29, 0.717) is 30.7 Å². The molecule has 2 unspecified atom stereocenters. The number of aromatic nitrogens is 1. The number of pyridine rings is 1. The van der Waals surface area contributed by atoms with Crippen molar-refractivity contribution in [2.75, 3.05) is 13.7 Å². The number of thiol groups is 1. The van der Waals surface area contributed by atoms with Crippen molar-refractivity contribution in [1.82, 2.24) is 9.29 Å². The molecule has 2 aromatic rings. The lowest BCUT2D eigenvalue weighted by atomic mass is 9.97.